The first-order valence-electron chi connectivity index (χ1n) is 9.62. The van der Waals surface area contributed by atoms with E-state index in [0.717, 1.165) is 22.4 Å². The Morgan fingerprint density at radius 1 is 1.14 bits per heavy atom. The van der Waals surface area contributed by atoms with Gasteiger partial charge in [-0.05, 0) is 67.1 Å². The van der Waals surface area contributed by atoms with Crippen LogP contribution in [0.15, 0.2) is 42.5 Å². The van der Waals surface area contributed by atoms with Gasteiger partial charge in [0, 0.05) is 13.1 Å². The molecule has 1 N–H and O–H groups in total. The van der Waals surface area contributed by atoms with Crippen LogP contribution >= 0.6 is 0 Å². The van der Waals surface area contributed by atoms with Crippen molar-refractivity contribution in [2.75, 3.05) is 13.1 Å². The molecule has 1 amide bonds. The fourth-order valence-electron chi connectivity index (χ4n) is 3.61. The minimum atomic E-state index is -0.490. The number of halogens is 2. The van der Waals surface area contributed by atoms with Crippen molar-refractivity contribution < 1.29 is 18.3 Å². The SMILES string of the molecule is CCN(CCc1ccc(F)cc1)C(=O)Oc1[nH]nc2c1-c1ccc(F)cc1CC2. The first-order chi connectivity index (χ1) is 14.0. The summed E-state index contributed by atoms with van der Waals surface area (Å²) in [5, 5.41) is 7.07. The first-order valence-corrected chi connectivity index (χ1v) is 9.62. The van der Waals surface area contributed by atoms with Gasteiger partial charge in [0.2, 0.25) is 5.88 Å². The van der Waals surface area contributed by atoms with Crippen LogP contribution in [0, 0.1) is 11.6 Å². The van der Waals surface area contributed by atoms with Crippen molar-refractivity contribution in [2.45, 2.75) is 26.2 Å². The lowest BCUT2D eigenvalue weighted by Gasteiger charge is -2.21. The molecule has 4 rings (SSSR count). The predicted molar refractivity (Wildman–Crippen MR) is 105 cm³/mol. The number of carbonyl (C=O) groups excluding carboxylic acids is 1. The number of nitrogens with one attached hydrogen (secondary N) is 1. The van der Waals surface area contributed by atoms with Crippen LogP contribution in [0.4, 0.5) is 13.6 Å². The number of rotatable bonds is 5. The Labute approximate surface area is 167 Å². The van der Waals surface area contributed by atoms with Gasteiger partial charge in [0.05, 0.1) is 11.3 Å². The standard InChI is InChI=1S/C22H21F2N3O2/c1-2-27(12-11-14-3-6-16(23)7-4-14)22(28)29-21-20-18-9-8-17(24)13-15(18)5-10-19(20)25-26-21/h3-4,6-9,13H,2,5,10-12H2,1H3,(H,25,26). The molecule has 0 saturated carbocycles. The van der Waals surface area contributed by atoms with Crippen LogP contribution in [0.1, 0.15) is 23.7 Å². The molecule has 1 aliphatic carbocycles. The molecule has 0 aliphatic heterocycles. The van der Waals surface area contributed by atoms with Gasteiger partial charge in [-0.1, -0.05) is 18.2 Å². The summed E-state index contributed by atoms with van der Waals surface area (Å²) in [7, 11) is 0. The average Bonchev–Trinajstić information content (AvgIpc) is 3.12. The third-order valence-electron chi connectivity index (χ3n) is 5.19. The Morgan fingerprint density at radius 3 is 2.66 bits per heavy atom. The number of fused-ring (bicyclic) bond motifs is 3. The smallest absolute Gasteiger partial charge is 0.391 e. The summed E-state index contributed by atoms with van der Waals surface area (Å²) in [4.78, 5) is 14.3. The largest absolute Gasteiger partial charge is 0.416 e. The van der Waals surface area contributed by atoms with E-state index in [1.165, 1.54) is 24.3 Å². The van der Waals surface area contributed by atoms with E-state index in [0.29, 0.717) is 37.9 Å². The van der Waals surface area contributed by atoms with Crippen LogP contribution in [0.2, 0.25) is 0 Å². The molecular formula is C22H21F2N3O2. The molecule has 1 heterocycles. The molecular weight excluding hydrogens is 376 g/mol. The zero-order chi connectivity index (χ0) is 20.4. The van der Waals surface area contributed by atoms with Crippen molar-refractivity contribution in [2.24, 2.45) is 0 Å². The van der Waals surface area contributed by atoms with E-state index in [2.05, 4.69) is 10.2 Å². The van der Waals surface area contributed by atoms with E-state index < -0.39 is 6.09 Å². The lowest BCUT2D eigenvalue weighted by Crippen LogP contribution is -2.35. The van der Waals surface area contributed by atoms with Gasteiger partial charge in [-0.15, -0.1) is 0 Å². The van der Waals surface area contributed by atoms with E-state index >= 15 is 0 Å². The fourth-order valence-corrected chi connectivity index (χ4v) is 3.61. The molecule has 3 aromatic rings. The highest BCUT2D eigenvalue weighted by Gasteiger charge is 2.26. The molecule has 0 spiro atoms. The van der Waals surface area contributed by atoms with Crippen LogP contribution in [-0.4, -0.2) is 34.3 Å². The number of aromatic amines is 1. The quantitative estimate of drug-likeness (QED) is 0.689. The average molecular weight is 397 g/mol. The number of likely N-dealkylation sites (N-methyl/N-ethyl adjacent to an activating group) is 1. The van der Waals surface area contributed by atoms with Gasteiger partial charge in [0.1, 0.15) is 11.6 Å². The number of carbonyl (C=O) groups is 1. The highest BCUT2D eigenvalue weighted by Crippen LogP contribution is 2.38. The van der Waals surface area contributed by atoms with Gasteiger partial charge < -0.3 is 9.64 Å². The van der Waals surface area contributed by atoms with Crippen LogP contribution in [-0.2, 0) is 19.3 Å². The van der Waals surface area contributed by atoms with Crippen molar-refractivity contribution in [1.82, 2.24) is 15.1 Å². The number of aryl methyl sites for hydroxylation is 2. The molecule has 0 bridgehead atoms. The van der Waals surface area contributed by atoms with E-state index in [4.69, 9.17) is 4.74 Å². The second-order valence-corrected chi connectivity index (χ2v) is 7.00. The highest BCUT2D eigenvalue weighted by atomic mass is 19.1. The molecule has 1 aromatic heterocycles. The van der Waals surface area contributed by atoms with Crippen LogP contribution in [0.25, 0.3) is 11.1 Å². The molecule has 0 saturated heterocycles. The number of hydrogen-bond donors (Lipinski definition) is 1. The maximum Gasteiger partial charge on any atom is 0.416 e. The lowest BCUT2D eigenvalue weighted by atomic mass is 9.89. The van der Waals surface area contributed by atoms with E-state index in [9.17, 15) is 13.6 Å². The van der Waals surface area contributed by atoms with Crippen LogP contribution in [0.5, 0.6) is 5.88 Å². The molecule has 0 unspecified atom stereocenters. The molecule has 0 fully saturated rings. The Bertz CT molecular complexity index is 1030. The van der Waals surface area contributed by atoms with Crippen molar-refractivity contribution >= 4 is 6.09 Å². The number of nitrogens with zero attached hydrogens (tertiary/aromatic N) is 2. The fraction of sp³-hybridized carbons (Fsp3) is 0.273. The van der Waals surface area contributed by atoms with Crippen molar-refractivity contribution in [1.29, 1.82) is 0 Å². The number of amides is 1. The topological polar surface area (TPSA) is 58.2 Å². The summed E-state index contributed by atoms with van der Waals surface area (Å²) in [6.07, 6.45) is 1.45. The third-order valence-corrected chi connectivity index (χ3v) is 5.19. The Hall–Kier alpha value is -3.22. The molecule has 0 radical (unpaired) electrons. The van der Waals surface area contributed by atoms with Crippen LogP contribution < -0.4 is 4.74 Å². The number of ether oxygens (including phenoxy) is 1. The van der Waals surface area contributed by atoms with Gasteiger partial charge in [-0.3, -0.25) is 0 Å². The molecule has 150 valence electrons. The summed E-state index contributed by atoms with van der Waals surface area (Å²) < 4.78 is 32.2. The third kappa shape index (κ3) is 3.99. The monoisotopic (exact) mass is 397 g/mol. The first kappa shape index (κ1) is 19.1. The molecule has 29 heavy (non-hydrogen) atoms. The van der Waals surface area contributed by atoms with Crippen molar-refractivity contribution in [3.63, 3.8) is 0 Å². The van der Waals surface area contributed by atoms with Gasteiger partial charge in [0.25, 0.3) is 0 Å². The molecule has 0 atom stereocenters. The summed E-state index contributed by atoms with van der Waals surface area (Å²) in [5.41, 5.74) is 4.17. The Kier molecular flexibility index (Phi) is 5.29. The summed E-state index contributed by atoms with van der Waals surface area (Å²) in [6, 6.07) is 10.8. The molecule has 1 aliphatic rings. The number of aromatic nitrogens is 2. The lowest BCUT2D eigenvalue weighted by molar-refractivity contribution is 0.153. The van der Waals surface area contributed by atoms with E-state index in [1.807, 2.05) is 6.92 Å². The predicted octanol–water partition coefficient (Wildman–Crippen LogP) is 4.52. The van der Waals surface area contributed by atoms with Crippen molar-refractivity contribution in [3.8, 4) is 17.0 Å². The van der Waals surface area contributed by atoms with Gasteiger partial charge in [0.15, 0.2) is 0 Å². The Morgan fingerprint density at radius 2 is 1.90 bits per heavy atom. The summed E-state index contributed by atoms with van der Waals surface area (Å²) in [6.45, 7) is 2.78. The molecule has 2 aromatic carbocycles. The van der Waals surface area contributed by atoms with Crippen molar-refractivity contribution in [3.05, 3.63) is 70.9 Å². The number of hydrogen-bond acceptors (Lipinski definition) is 3. The van der Waals surface area contributed by atoms with Gasteiger partial charge >= 0.3 is 6.09 Å². The maximum atomic E-state index is 13.6. The molecule has 5 nitrogen and oxygen atoms in total. The van der Waals surface area contributed by atoms with Gasteiger partial charge in [-0.2, -0.15) is 5.10 Å². The van der Waals surface area contributed by atoms with Crippen LogP contribution in [0.3, 0.4) is 0 Å². The maximum absolute atomic E-state index is 13.6. The second-order valence-electron chi connectivity index (χ2n) is 7.00. The summed E-state index contributed by atoms with van der Waals surface area (Å²) >= 11 is 0. The number of H-pyrrole nitrogens is 1. The van der Waals surface area contributed by atoms with Gasteiger partial charge in [-0.25, -0.2) is 18.7 Å². The minimum Gasteiger partial charge on any atom is -0.391 e. The summed E-state index contributed by atoms with van der Waals surface area (Å²) in [5.74, 6) is -0.297. The zero-order valence-corrected chi connectivity index (χ0v) is 16.0. The second kappa shape index (κ2) is 8.03. The van der Waals surface area contributed by atoms with E-state index in [1.54, 1.807) is 23.1 Å². The zero-order valence-electron chi connectivity index (χ0n) is 16.0. The molecule has 7 heteroatoms. The number of benzene rings is 2. The Balaban J connectivity index is 1.49. The van der Waals surface area contributed by atoms with E-state index in [-0.39, 0.29) is 17.5 Å². The highest BCUT2D eigenvalue weighted by molar-refractivity contribution is 5.80. The minimum absolute atomic E-state index is 0.276. The normalized spacial score (nSPS) is 12.2.